The molecule has 118 valence electrons. The number of halogens is 1. The lowest BCUT2D eigenvalue weighted by Gasteiger charge is -2.19. The van der Waals surface area contributed by atoms with Crippen LogP contribution < -0.4 is 0 Å². The van der Waals surface area contributed by atoms with Gasteiger partial charge in [-0.1, -0.05) is 12.1 Å². The van der Waals surface area contributed by atoms with E-state index in [0.29, 0.717) is 11.1 Å². The molecular formula is C15H17FN2O4. The molecule has 0 saturated heterocycles. The first-order valence-electron chi connectivity index (χ1n) is 6.53. The highest BCUT2D eigenvalue weighted by molar-refractivity contribution is 5.97. The van der Waals surface area contributed by atoms with Crippen LogP contribution in [0.1, 0.15) is 21.5 Å². The third-order valence-electron chi connectivity index (χ3n) is 3.35. The summed E-state index contributed by atoms with van der Waals surface area (Å²) in [4.78, 5) is 17.4. The largest absolute Gasteiger partial charge is 0.503 e. The van der Waals surface area contributed by atoms with Crippen molar-refractivity contribution in [3.63, 3.8) is 0 Å². The van der Waals surface area contributed by atoms with Gasteiger partial charge in [0, 0.05) is 13.2 Å². The standard InChI is InChI=1S/C15H17FN2O4/c1-9-6-10(4-5-12(9)16)7-18(22-3)14(20)11-8-17(2)15(21)13(11)19/h4-6,8,19,21H,7H2,1-3H3. The molecule has 0 aliphatic rings. The Morgan fingerprint density at radius 1 is 1.41 bits per heavy atom. The maximum atomic E-state index is 13.3. The van der Waals surface area contributed by atoms with Crippen molar-refractivity contribution in [2.24, 2.45) is 7.05 Å². The second-order valence-electron chi connectivity index (χ2n) is 4.93. The van der Waals surface area contributed by atoms with Gasteiger partial charge >= 0.3 is 0 Å². The van der Waals surface area contributed by atoms with E-state index in [1.807, 2.05) is 0 Å². The summed E-state index contributed by atoms with van der Waals surface area (Å²) in [5, 5.41) is 20.3. The molecule has 1 aromatic heterocycles. The van der Waals surface area contributed by atoms with E-state index in [4.69, 9.17) is 4.84 Å². The van der Waals surface area contributed by atoms with Gasteiger partial charge in [-0.15, -0.1) is 0 Å². The number of hydroxylamine groups is 2. The maximum Gasteiger partial charge on any atom is 0.283 e. The Balaban J connectivity index is 2.25. The average molecular weight is 308 g/mol. The zero-order valence-corrected chi connectivity index (χ0v) is 12.5. The van der Waals surface area contributed by atoms with E-state index < -0.39 is 17.5 Å². The quantitative estimate of drug-likeness (QED) is 0.848. The topological polar surface area (TPSA) is 74.9 Å². The van der Waals surface area contributed by atoms with Crippen molar-refractivity contribution in [3.8, 4) is 11.6 Å². The van der Waals surface area contributed by atoms with E-state index in [2.05, 4.69) is 0 Å². The van der Waals surface area contributed by atoms with Gasteiger partial charge in [-0.2, -0.15) is 0 Å². The van der Waals surface area contributed by atoms with Crippen LogP contribution in [0.4, 0.5) is 4.39 Å². The summed E-state index contributed by atoms with van der Waals surface area (Å²) in [5.74, 6) is -1.86. The Morgan fingerprint density at radius 3 is 2.59 bits per heavy atom. The van der Waals surface area contributed by atoms with Crippen molar-refractivity contribution >= 4 is 5.91 Å². The number of carbonyl (C=O) groups excluding carboxylic acids is 1. The Bertz CT molecular complexity index is 712. The molecule has 0 atom stereocenters. The van der Waals surface area contributed by atoms with Crippen molar-refractivity contribution < 1.29 is 24.2 Å². The number of aryl methyl sites for hydroxylation is 2. The summed E-state index contributed by atoms with van der Waals surface area (Å²) in [6.45, 7) is 1.70. The molecule has 0 fully saturated rings. The van der Waals surface area contributed by atoms with Crippen molar-refractivity contribution in [1.29, 1.82) is 0 Å². The van der Waals surface area contributed by atoms with Crippen LogP contribution in [0.3, 0.4) is 0 Å². The normalized spacial score (nSPS) is 10.7. The van der Waals surface area contributed by atoms with E-state index in [0.717, 1.165) is 5.06 Å². The zero-order chi connectivity index (χ0) is 16.4. The molecule has 1 aromatic carbocycles. The smallest absolute Gasteiger partial charge is 0.283 e. The van der Waals surface area contributed by atoms with Crippen LogP contribution in [-0.2, 0) is 18.4 Å². The fraction of sp³-hybridized carbons (Fsp3) is 0.267. The van der Waals surface area contributed by atoms with E-state index in [1.54, 1.807) is 19.1 Å². The Kier molecular flexibility index (Phi) is 4.37. The summed E-state index contributed by atoms with van der Waals surface area (Å²) >= 11 is 0. The highest BCUT2D eigenvalue weighted by Gasteiger charge is 2.24. The molecule has 0 radical (unpaired) electrons. The maximum absolute atomic E-state index is 13.3. The molecule has 7 heteroatoms. The van der Waals surface area contributed by atoms with Gasteiger partial charge in [0.2, 0.25) is 5.88 Å². The lowest BCUT2D eigenvalue weighted by Crippen LogP contribution is -2.29. The zero-order valence-electron chi connectivity index (χ0n) is 12.5. The van der Waals surface area contributed by atoms with E-state index in [9.17, 15) is 19.4 Å². The van der Waals surface area contributed by atoms with Gasteiger partial charge < -0.3 is 14.8 Å². The van der Waals surface area contributed by atoms with Gasteiger partial charge in [-0.25, -0.2) is 9.45 Å². The van der Waals surface area contributed by atoms with Crippen LogP contribution in [0.5, 0.6) is 11.6 Å². The second-order valence-corrected chi connectivity index (χ2v) is 4.93. The van der Waals surface area contributed by atoms with Crippen molar-refractivity contribution in [3.05, 3.63) is 46.9 Å². The summed E-state index contributed by atoms with van der Waals surface area (Å²) < 4.78 is 14.5. The first-order valence-corrected chi connectivity index (χ1v) is 6.53. The fourth-order valence-corrected chi connectivity index (χ4v) is 2.08. The van der Waals surface area contributed by atoms with E-state index in [-0.39, 0.29) is 17.9 Å². The molecule has 2 aromatic rings. The number of aromatic nitrogens is 1. The van der Waals surface area contributed by atoms with Crippen LogP contribution in [0.15, 0.2) is 24.4 Å². The van der Waals surface area contributed by atoms with Gasteiger partial charge in [0.25, 0.3) is 5.91 Å². The van der Waals surface area contributed by atoms with Crippen LogP contribution in [-0.4, -0.2) is 32.9 Å². The summed E-state index contributed by atoms with van der Waals surface area (Å²) in [7, 11) is 2.81. The SMILES string of the molecule is CON(Cc1ccc(F)c(C)c1)C(=O)c1cn(C)c(O)c1O. The van der Waals surface area contributed by atoms with Crippen LogP contribution in [0, 0.1) is 12.7 Å². The minimum absolute atomic E-state index is 0.0749. The first-order chi connectivity index (χ1) is 10.3. The lowest BCUT2D eigenvalue weighted by molar-refractivity contribution is -0.102. The minimum Gasteiger partial charge on any atom is -0.503 e. The molecule has 0 bridgehead atoms. The number of hydrogen-bond acceptors (Lipinski definition) is 4. The number of amides is 1. The molecule has 22 heavy (non-hydrogen) atoms. The van der Waals surface area contributed by atoms with Crippen LogP contribution in [0.2, 0.25) is 0 Å². The molecule has 0 aliphatic carbocycles. The lowest BCUT2D eigenvalue weighted by atomic mass is 10.1. The monoisotopic (exact) mass is 308 g/mol. The number of hydrogen-bond donors (Lipinski definition) is 2. The predicted octanol–water partition coefficient (Wildman–Crippen LogP) is 2.09. The molecular weight excluding hydrogens is 291 g/mol. The molecule has 1 amide bonds. The summed E-state index contributed by atoms with van der Waals surface area (Å²) in [6, 6.07) is 4.47. The van der Waals surface area contributed by atoms with E-state index in [1.165, 1.54) is 31.0 Å². The number of nitrogens with zero attached hydrogens (tertiary/aromatic N) is 2. The summed E-state index contributed by atoms with van der Waals surface area (Å²) in [6.07, 6.45) is 1.30. The fourth-order valence-electron chi connectivity index (χ4n) is 2.08. The van der Waals surface area contributed by atoms with Gasteiger partial charge in [-0.3, -0.25) is 9.63 Å². The molecule has 0 aliphatic heterocycles. The average Bonchev–Trinajstić information content (AvgIpc) is 2.75. The first kappa shape index (κ1) is 15.8. The van der Waals surface area contributed by atoms with Gasteiger partial charge in [0.1, 0.15) is 11.4 Å². The highest BCUT2D eigenvalue weighted by Crippen LogP contribution is 2.31. The molecule has 2 N–H and O–H groups in total. The third kappa shape index (κ3) is 2.89. The van der Waals surface area contributed by atoms with Crippen molar-refractivity contribution in [1.82, 2.24) is 9.63 Å². The van der Waals surface area contributed by atoms with Gasteiger partial charge in [-0.05, 0) is 24.1 Å². The third-order valence-corrected chi connectivity index (χ3v) is 3.35. The number of aromatic hydroxyl groups is 2. The Morgan fingerprint density at radius 2 is 2.09 bits per heavy atom. The van der Waals surface area contributed by atoms with Crippen LogP contribution >= 0.6 is 0 Å². The second kappa shape index (κ2) is 6.07. The highest BCUT2D eigenvalue weighted by atomic mass is 19.1. The number of carbonyl (C=O) groups is 1. The molecule has 0 saturated carbocycles. The molecule has 1 heterocycles. The Hall–Kier alpha value is -2.54. The molecule has 6 nitrogen and oxygen atoms in total. The predicted molar refractivity (Wildman–Crippen MR) is 76.8 cm³/mol. The molecule has 2 rings (SSSR count). The number of benzene rings is 1. The van der Waals surface area contributed by atoms with Gasteiger partial charge in [0.05, 0.1) is 13.7 Å². The van der Waals surface area contributed by atoms with Gasteiger partial charge in [0.15, 0.2) is 5.75 Å². The van der Waals surface area contributed by atoms with Crippen LogP contribution in [0.25, 0.3) is 0 Å². The molecule has 0 unspecified atom stereocenters. The van der Waals surface area contributed by atoms with Crippen molar-refractivity contribution in [2.45, 2.75) is 13.5 Å². The van der Waals surface area contributed by atoms with Crippen molar-refractivity contribution in [2.75, 3.05) is 7.11 Å². The Labute approximate surface area is 126 Å². The van der Waals surface area contributed by atoms with E-state index >= 15 is 0 Å². The minimum atomic E-state index is -0.613. The summed E-state index contributed by atoms with van der Waals surface area (Å²) in [5.41, 5.74) is 1.05. The number of rotatable bonds is 4. The molecule has 0 spiro atoms.